The minimum absolute atomic E-state index is 0.0273. The molecule has 2 unspecified atom stereocenters. The zero-order valence-corrected chi connectivity index (χ0v) is 10.5. The Labute approximate surface area is 102 Å². The number of esters is 1. The third-order valence-corrected chi connectivity index (χ3v) is 3.24. The number of ether oxygens (including phenoxy) is 1. The second kappa shape index (κ2) is 4.95. The van der Waals surface area contributed by atoms with Crippen molar-refractivity contribution in [3.8, 4) is 0 Å². The molecule has 0 aliphatic carbocycles. The third kappa shape index (κ3) is 2.26. The van der Waals surface area contributed by atoms with E-state index in [1.54, 1.807) is 0 Å². The van der Waals surface area contributed by atoms with Crippen LogP contribution in [0.2, 0.25) is 0 Å². The summed E-state index contributed by atoms with van der Waals surface area (Å²) in [4.78, 5) is 11.6. The predicted octanol–water partition coefficient (Wildman–Crippen LogP) is 1.39. The molecule has 16 heavy (non-hydrogen) atoms. The molecular weight excluding hydrogens is 272 g/mol. The van der Waals surface area contributed by atoms with E-state index >= 15 is 0 Å². The van der Waals surface area contributed by atoms with Crippen LogP contribution in [-0.4, -0.2) is 19.6 Å². The van der Waals surface area contributed by atoms with Crippen molar-refractivity contribution in [1.29, 1.82) is 0 Å². The number of rotatable bonds is 2. The van der Waals surface area contributed by atoms with Crippen LogP contribution in [-0.2, 0) is 9.53 Å². The molecule has 2 N–H and O–H groups in total. The Morgan fingerprint density at radius 2 is 2.12 bits per heavy atom. The van der Waals surface area contributed by atoms with Crippen molar-refractivity contribution in [1.82, 2.24) is 10.9 Å². The maximum Gasteiger partial charge on any atom is 0.312 e. The molecule has 1 saturated heterocycles. The van der Waals surface area contributed by atoms with E-state index in [1.165, 1.54) is 7.11 Å². The molecule has 2 rings (SSSR count). The van der Waals surface area contributed by atoms with Crippen molar-refractivity contribution in [3.05, 3.63) is 34.3 Å². The molecule has 1 fully saturated rings. The van der Waals surface area contributed by atoms with Gasteiger partial charge in [-0.15, -0.1) is 0 Å². The van der Waals surface area contributed by atoms with Crippen molar-refractivity contribution < 1.29 is 9.53 Å². The van der Waals surface area contributed by atoms with E-state index in [0.717, 1.165) is 10.0 Å². The first-order valence-electron chi connectivity index (χ1n) is 5.04. The highest BCUT2D eigenvalue weighted by Gasteiger charge is 2.34. The van der Waals surface area contributed by atoms with Crippen LogP contribution in [0.15, 0.2) is 28.7 Å². The summed E-state index contributed by atoms with van der Waals surface area (Å²) in [5.74, 6) is -0.364. The first-order chi connectivity index (χ1) is 7.72. The number of hydrazine groups is 1. The van der Waals surface area contributed by atoms with Crippen LogP contribution in [0.1, 0.15) is 11.6 Å². The van der Waals surface area contributed by atoms with E-state index in [0.29, 0.717) is 6.54 Å². The molecule has 0 radical (unpaired) electrons. The van der Waals surface area contributed by atoms with Gasteiger partial charge in [-0.3, -0.25) is 10.2 Å². The van der Waals surface area contributed by atoms with Gasteiger partial charge >= 0.3 is 5.97 Å². The van der Waals surface area contributed by atoms with Gasteiger partial charge in [0.15, 0.2) is 0 Å². The third-order valence-electron chi connectivity index (χ3n) is 2.71. The monoisotopic (exact) mass is 284 g/mol. The zero-order chi connectivity index (χ0) is 11.5. The smallest absolute Gasteiger partial charge is 0.312 e. The number of hydrogen-bond donors (Lipinski definition) is 2. The van der Waals surface area contributed by atoms with Gasteiger partial charge in [0.1, 0.15) is 0 Å². The number of halogens is 1. The molecule has 0 spiro atoms. The van der Waals surface area contributed by atoms with E-state index in [9.17, 15) is 4.79 Å². The molecule has 1 aromatic carbocycles. The molecule has 5 heteroatoms. The van der Waals surface area contributed by atoms with Gasteiger partial charge in [-0.2, -0.15) is 0 Å². The van der Waals surface area contributed by atoms with Gasteiger partial charge < -0.3 is 4.74 Å². The van der Waals surface area contributed by atoms with Crippen LogP contribution in [0, 0.1) is 5.92 Å². The van der Waals surface area contributed by atoms with Gasteiger partial charge in [-0.1, -0.05) is 28.1 Å². The average molecular weight is 285 g/mol. The lowest BCUT2D eigenvalue weighted by atomic mass is 9.95. The molecule has 0 amide bonds. The van der Waals surface area contributed by atoms with Crippen molar-refractivity contribution in [3.63, 3.8) is 0 Å². The quantitative estimate of drug-likeness (QED) is 0.806. The van der Waals surface area contributed by atoms with Gasteiger partial charge in [0.2, 0.25) is 0 Å². The summed E-state index contributed by atoms with van der Waals surface area (Å²) >= 11 is 3.38. The Balaban J connectivity index is 2.19. The maximum atomic E-state index is 11.6. The topological polar surface area (TPSA) is 50.4 Å². The number of nitrogens with one attached hydrogen (secondary N) is 2. The molecule has 0 bridgehead atoms. The summed E-state index contributed by atoms with van der Waals surface area (Å²) in [6, 6.07) is 7.88. The summed E-state index contributed by atoms with van der Waals surface area (Å²) in [6.07, 6.45) is 0. The molecule has 1 aliphatic heterocycles. The standard InChI is InChI=1S/C11H13BrN2O2/c1-16-11(15)9-6-13-14-10(9)7-2-4-8(12)5-3-7/h2-5,9-10,13-14H,6H2,1H3. The lowest BCUT2D eigenvalue weighted by Crippen LogP contribution is -2.26. The van der Waals surface area contributed by atoms with Crippen LogP contribution in [0.25, 0.3) is 0 Å². The fraction of sp³-hybridized carbons (Fsp3) is 0.364. The Morgan fingerprint density at radius 3 is 2.75 bits per heavy atom. The lowest BCUT2D eigenvalue weighted by Gasteiger charge is -2.16. The van der Waals surface area contributed by atoms with Crippen LogP contribution < -0.4 is 10.9 Å². The number of methoxy groups -OCH3 is 1. The first kappa shape index (κ1) is 11.6. The van der Waals surface area contributed by atoms with E-state index in [-0.39, 0.29) is 17.9 Å². The zero-order valence-electron chi connectivity index (χ0n) is 8.87. The molecular formula is C11H13BrN2O2. The van der Waals surface area contributed by atoms with Crippen molar-refractivity contribution in [2.24, 2.45) is 5.92 Å². The van der Waals surface area contributed by atoms with Crippen molar-refractivity contribution in [2.45, 2.75) is 6.04 Å². The minimum Gasteiger partial charge on any atom is -0.469 e. The minimum atomic E-state index is -0.189. The van der Waals surface area contributed by atoms with Gasteiger partial charge in [0.05, 0.1) is 19.1 Å². The lowest BCUT2D eigenvalue weighted by molar-refractivity contribution is -0.145. The summed E-state index contributed by atoms with van der Waals surface area (Å²) in [5, 5.41) is 0. The van der Waals surface area contributed by atoms with Crippen molar-refractivity contribution in [2.75, 3.05) is 13.7 Å². The first-order valence-corrected chi connectivity index (χ1v) is 5.83. The SMILES string of the molecule is COC(=O)C1CNNC1c1ccc(Br)cc1. The van der Waals surface area contributed by atoms with E-state index in [2.05, 4.69) is 26.8 Å². The number of carbonyl (C=O) groups is 1. The molecule has 86 valence electrons. The van der Waals surface area contributed by atoms with Crippen LogP contribution in [0.3, 0.4) is 0 Å². The Hall–Kier alpha value is -0.910. The van der Waals surface area contributed by atoms with Gasteiger partial charge in [-0.25, -0.2) is 5.43 Å². The molecule has 0 saturated carbocycles. The van der Waals surface area contributed by atoms with Gasteiger partial charge in [-0.05, 0) is 17.7 Å². The van der Waals surface area contributed by atoms with E-state index in [1.807, 2.05) is 24.3 Å². The normalized spacial score (nSPS) is 24.4. The van der Waals surface area contributed by atoms with Crippen LogP contribution in [0.4, 0.5) is 0 Å². The highest BCUT2D eigenvalue weighted by Crippen LogP contribution is 2.26. The average Bonchev–Trinajstić information content (AvgIpc) is 2.78. The second-order valence-electron chi connectivity index (χ2n) is 3.68. The maximum absolute atomic E-state index is 11.6. The molecule has 2 atom stereocenters. The Kier molecular flexibility index (Phi) is 3.58. The Bertz CT molecular complexity index is 380. The number of hydrogen-bond acceptors (Lipinski definition) is 4. The van der Waals surface area contributed by atoms with E-state index < -0.39 is 0 Å². The number of carbonyl (C=O) groups excluding carboxylic acids is 1. The molecule has 1 aromatic rings. The fourth-order valence-electron chi connectivity index (χ4n) is 1.85. The molecule has 0 aromatic heterocycles. The van der Waals surface area contributed by atoms with E-state index in [4.69, 9.17) is 4.74 Å². The summed E-state index contributed by atoms with van der Waals surface area (Å²) in [7, 11) is 1.42. The van der Waals surface area contributed by atoms with Gasteiger partial charge in [0.25, 0.3) is 0 Å². The Morgan fingerprint density at radius 1 is 1.44 bits per heavy atom. The fourth-order valence-corrected chi connectivity index (χ4v) is 2.12. The van der Waals surface area contributed by atoms with Crippen LogP contribution >= 0.6 is 15.9 Å². The highest BCUT2D eigenvalue weighted by atomic mass is 79.9. The van der Waals surface area contributed by atoms with Crippen molar-refractivity contribution >= 4 is 21.9 Å². The second-order valence-corrected chi connectivity index (χ2v) is 4.60. The molecule has 4 nitrogen and oxygen atoms in total. The predicted molar refractivity (Wildman–Crippen MR) is 63.5 cm³/mol. The van der Waals surface area contributed by atoms with Crippen LogP contribution in [0.5, 0.6) is 0 Å². The summed E-state index contributed by atoms with van der Waals surface area (Å²) in [5.41, 5.74) is 7.15. The highest BCUT2D eigenvalue weighted by molar-refractivity contribution is 9.10. The molecule has 1 heterocycles. The largest absolute Gasteiger partial charge is 0.469 e. The van der Waals surface area contributed by atoms with Gasteiger partial charge in [0, 0.05) is 11.0 Å². The summed E-state index contributed by atoms with van der Waals surface area (Å²) in [6.45, 7) is 0.591. The number of benzene rings is 1. The molecule has 1 aliphatic rings. The summed E-state index contributed by atoms with van der Waals surface area (Å²) < 4.78 is 5.81.